The van der Waals surface area contributed by atoms with E-state index in [0.29, 0.717) is 12.0 Å². The van der Waals surface area contributed by atoms with E-state index in [1.54, 1.807) is 0 Å². The summed E-state index contributed by atoms with van der Waals surface area (Å²) in [6.07, 6.45) is 0.372. The van der Waals surface area contributed by atoms with Crippen molar-refractivity contribution in [3.63, 3.8) is 0 Å². The number of halogens is 1. The highest BCUT2D eigenvalue weighted by Crippen LogP contribution is 2.25. The molecule has 1 N–H and O–H groups in total. The number of nitrogens with zero attached hydrogens (tertiary/aromatic N) is 1. The van der Waals surface area contributed by atoms with E-state index in [-0.39, 0.29) is 0 Å². The Kier molecular flexibility index (Phi) is 7.05. The first-order valence-electron chi connectivity index (χ1n) is 7.08. The zero-order chi connectivity index (χ0) is 14.4. The van der Waals surface area contributed by atoms with Gasteiger partial charge in [-0.2, -0.15) is 0 Å². The third kappa shape index (κ3) is 5.64. The summed E-state index contributed by atoms with van der Waals surface area (Å²) in [5.41, 5.74) is 0.982. The Labute approximate surface area is 126 Å². The minimum atomic E-state index is -0.399. The lowest BCUT2D eigenvalue weighted by Gasteiger charge is -2.29. The van der Waals surface area contributed by atoms with Crippen LogP contribution in [0.15, 0.2) is 28.7 Å². The van der Waals surface area contributed by atoms with Gasteiger partial charge in [0.25, 0.3) is 0 Å². The molecule has 0 aliphatic heterocycles. The summed E-state index contributed by atoms with van der Waals surface area (Å²) in [7, 11) is 0. The predicted octanol–water partition coefficient (Wildman–Crippen LogP) is 4.24. The Morgan fingerprint density at radius 2 is 1.79 bits per heavy atom. The minimum absolute atomic E-state index is 0.399. The van der Waals surface area contributed by atoms with Crippen LogP contribution < -0.4 is 0 Å². The molecule has 1 rings (SSSR count). The van der Waals surface area contributed by atoms with Crippen molar-refractivity contribution in [2.24, 2.45) is 5.92 Å². The molecule has 0 saturated heterocycles. The lowest BCUT2D eigenvalue weighted by Crippen LogP contribution is -2.35. The molecule has 0 heterocycles. The van der Waals surface area contributed by atoms with Gasteiger partial charge in [0.15, 0.2) is 0 Å². The van der Waals surface area contributed by atoms with Crippen LogP contribution in [-0.4, -0.2) is 29.1 Å². The standard InChI is InChI=1S/C16H26BrNO/c1-12(2)11-18(13(3)4)10-9-16(19)14-7-5-6-8-15(14)17/h5-8,12-13,16,19H,9-11H2,1-4H3. The van der Waals surface area contributed by atoms with Gasteiger partial charge in [0.05, 0.1) is 6.10 Å². The molecule has 3 heteroatoms. The van der Waals surface area contributed by atoms with Crippen molar-refractivity contribution >= 4 is 15.9 Å². The van der Waals surface area contributed by atoms with E-state index in [4.69, 9.17) is 0 Å². The van der Waals surface area contributed by atoms with Crippen LogP contribution in [0.2, 0.25) is 0 Å². The van der Waals surface area contributed by atoms with Crippen molar-refractivity contribution in [3.05, 3.63) is 34.3 Å². The first-order chi connectivity index (χ1) is 8.91. The number of hydrogen-bond donors (Lipinski definition) is 1. The van der Waals surface area contributed by atoms with Crippen molar-refractivity contribution in [1.29, 1.82) is 0 Å². The molecular weight excluding hydrogens is 302 g/mol. The van der Waals surface area contributed by atoms with Crippen LogP contribution in [-0.2, 0) is 0 Å². The highest BCUT2D eigenvalue weighted by molar-refractivity contribution is 9.10. The molecule has 0 bridgehead atoms. The molecule has 0 amide bonds. The largest absolute Gasteiger partial charge is 0.388 e. The Bertz CT molecular complexity index is 379. The highest BCUT2D eigenvalue weighted by Gasteiger charge is 2.15. The SMILES string of the molecule is CC(C)CN(CCC(O)c1ccccc1Br)C(C)C. The minimum Gasteiger partial charge on any atom is -0.388 e. The molecule has 0 aliphatic rings. The Morgan fingerprint density at radius 1 is 1.16 bits per heavy atom. The van der Waals surface area contributed by atoms with E-state index in [9.17, 15) is 5.11 Å². The van der Waals surface area contributed by atoms with Crippen LogP contribution in [0, 0.1) is 5.92 Å². The number of rotatable bonds is 7. The van der Waals surface area contributed by atoms with Crippen LogP contribution >= 0.6 is 15.9 Å². The summed E-state index contributed by atoms with van der Waals surface area (Å²) in [6.45, 7) is 10.9. The molecule has 1 unspecified atom stereocenters. The van der Waals surface area contributed by atoms with Gasteiger partial charge in [-0.15, -0.1) is 0 Å². The molecule has 1 aromatic rings. The van der Waals surface area contributed by atoms with Gasteiger partial charge in [-0.05, 0) is 37.8 Å². The molecule has 0 aromatic heterocycles. The first kappa shape index (κ1) is 16.7. The Balaban J connectivity index is 2.57. The molecule has 0 saturated carbocycles. The molecular formula is C16H26BrNO. The van der Waals surface area contributed by atoms with Gasteiger partial charge in [-0.3, -0.25) is 0 Å². The smallest absolute Gasteiger partial charge is 0.0813 e. The summed E-state index contributed by atoms with van der Waals surface area (Å²) in [6, 6.07) is 8.43. The summed E-state index contributed by atoms with van der Waals surface area (Å²) in [5.74, 6) is 0.656. The number of benzene rings is 1. The monoisotopic (exact) mass is 327 g/mol. The fraction of sp³-hybridized carbons (Fsp3) is 0.625. The third-order valence-electron chi connectivity index (χ3n) is 3.28. The average Bonchev–Trinajstić information content (AvgIpc) is 2.34. The lowest BCUT2D eigenvalue weighted by molar-refractivity contribution is 0.123. The van der Waals surface area contributed by atoms with Crippen LogP contribution in [0.3, 0.4) is 0 Å². The number of aliphatic hydroxyl groups is 1. The summed E-state index contributed by atoms with van der Waals surface area (Å²) in [4.78, 5) is 2.44. The van der Waals surface area contributed by atoms with Crippen molar-refractivity contribution in [3.8, 4) is 0 Å². The van der Waals surface area contributed by atoms with Crippen LogP contribution in [0.1, 0.15) is 45.8 Å². The second kappa shape index (κ2) is 8.03. The molecule has 2 nitrogen and oxygen atoms in total. The van der Waals surface area contributed by atoms with E-state index in [1.807, 2.05) is 24.3 Å². The first-order valence-corrected chi connectivity index (χ1v) is 7.87. The van der Waals surface area contributed by atoms with Gasteiger partial charge in [-0.1, -0.05) is 48.0 Å². The zero-order valence-electron chi connectivity index (χ0n) is 12.4. The number of hydrogen-bond acceptors (Lipinski definition) is 2. The fourth-order valence-corrected chi connectivity index (χ4v) is 2.77. The zero-order valence-corrected chi connectivity index (χ0v) is 14.0. The van der Waals surface area contributed by atoms with Gasteiger partial charge in [0.2, 0.25) is 0 Å². The Hall–Kier alpha value is -0.380. The molecule has 0 aliphatic carbocycles. The van der Waals surface area contributed by atoms with Crippen LogP contribution in [0.25, 0.3) is 0 Å². The van der Waals surface area contributed by atoms with Crippen molar-refractivity contribution in [2.75, 3.05) is 13.1 Å². The predicted molar refractivity (Wildman–Crippen MR) is 85.3 cm³/mol. The molecule has 108 valence electrons. The quantitative estimate of drug-likeness (QED) is 0.809. The third-order valence-corrected chi connectivity index (χ3v) is 4.01. The molecule has 19 heavy (non-hydrogen) atoms. The summed E-state index contributed by atoms with van der Waals surface area (Å²) in [5, 5.41) is 10.3. The van der Waals surface area contributed by atoms with Crippen molar-refractivity contribution < 1.29 is 5.11 Å². The van der Waals surface area contributed by atoms with Gasteiger partial charge in [0, 0.05) is 23.6 Å². The molecule has 1 aromatic carbocycles. The van der Waals surface area contributed by atoms with Gasteiger partial charge in [-0.25, -0.2) is 0 Å². The maximum Gasteiger partial charge on any atom is 0.0813 e. The van der Waals surface area contributed by atoms with Crippen LogP contribution in [0.5, 0.6) is 0 Å². The highest BCUT2D eigenvalue weighted by atomic mass is 79.9. The molecule has 0 radical (unpaired) electrons. The maximum atomic E-state index is 10.3. The van der Waals surface area contributed by atoms with Gasteiger partial charge in [0.1, 0.15) is 0 Å². The Morgan fingerprint density at radius 3 is 2.32 bits per heavy atom. The van der Waals surface area contributed by atoms with Gasteiger partial charge >= 0.3 is 0 Å². The fourth-order valence-electron chi connectivity index (χ4n) is 2.22. The van der Waals surface area contributed by atoms with E-state index in [0.717, 1.165) is 29.5 Å². The van der Waals surface area contributed by atoms with Crippen molar-refractivity contribution in [1.82, 2.24) is 4.90 Å². The van der Waals surface area contributed by atoms with E-state index in [1.165, 1.54) is 0 Å². The summed E-state index contributed by atoms with van der Waals surface area (Å²) < 4.78 is 0.988. The summed E-state index contributed by atoms with van der Waals surface area (Å²) >= 11 is 3.50. The van der Waals surface area contributed by atoms with Crippen LogP contribution in [0.4, 0.5) is 0 Å². The molecule has 0 fully saturated rings. The van der Waals surface area contributed by atoms with E-state index in [2.05, 4.69) is 48.5 Å². The van der Waals surface area contributed by atoms with Crippen molar-refractivity contribution in [2.45, 2.75) is 46.3 Å². The van der Waals surface area contributed by atoms with E-state index >= 15 is 0 Å². The molecule has 0 spiro atoms. The maximum absolute atomic E-state index is 10.3. The van der Waals surface area contributed by atoms with Gasteiger partial charge < -0.3 is 10.0 Å². The average molecular weight is 328 g/mol. The molecule has 1 atom stereocenters. The second-order valence-electron chi connectivity index (χ2n) is 5.81. The normalized spacial score (nSPS) is 13.5. The lowest BCUT2D eigenvalue weighted by atomic mass is 10.1. The second-order valence-corrected chi connectivity index (χ2v) is 6.66. The number of aliphatic hydroxyl groups excluding tert-OH is 1. The topological polar surface area (TPSA) is 23.5 Å². The van der Waals surface area contributed by atoms with E-state index < -0.39 is 6.10 Å².